The van der Waals surface area contributed by atoms with Crippen LogP contribution in [0.2, 0.25) is 5.02 Å². The Balaban J connectivity index is 1.71. The minimum atomic E-state index is -4.78. The predicted molar refractivity (Wildman–Crippen MR) is 91.5 cm³/mol. The highest BCUT2D eigenvalue weighted by atomic mass is 35.5. The number of H-pyrrole nitrogens is 1. The standard InChI is InChI=1S/C17H11ClF3N3O2/c18-12-3-1-10(2-4-12)9-22-24-16(25)15-8-11-7-13(26-17(19,20)21)5-6-14(11)23-15/h1-9,23H,(H,24,25)/b22-9+. The van der Waals surface area contributed by atoms with E-state index in [1.807, 2.05) is 0 Å². The molecule has 26 heavy (non-hydrogen) atoms. The van der Waals surface area contributed by atoms with Gasteiger partial charge in [-0.15, -0.1) is 13.2 Å². The van der Waals surface area contributed by atoms with Crippen molar-refractivity contribution in [3.8, 4) is 5.75 Å². The number of hydrogen-bond donors (Lipinski definition) is 2. The average molecular weight is 382 g/mol. The summed E-state index contributed by atoms with van der Waals surface area (Å²) in [4.78, 5) is 14.9. The first kappa shape index (κ1) is 17.8. The van der Waals surface area contributed by atoms with Gasteiger partial charge < -0.3 is 9.72 Å². The average Bonchev–Trinajstić information content (AvgIpc) is 2.98. The summed E-state index contributed by atoms with van der Waals surface area (Å²) >= 11 is 5.77. The lowest BCUT2D eigenvalue weighted by molar-refractivity contribution is -0.274. The van der Waals surface area contributed by atoms with Crippen molar-refractivity contribution in [1.82, 2.24) is 10.4 Å². The van der Waals surface area contributed by atoms with Crippen LogP contribution < -0.4 is 10.2 Å². The second kappa shape index (κ2) is 7.09. The Kier molecular flexibility index (Phi) is 4.85. The van der Waals surface area contributed by atoms with Crippen LogP contribution in [0.1, 0.15) is 16.1 Å². The number of hydrogen-bond acceptors (Lipinski definition) is 3. The number of benzene rings is 2. The number of rotatable bonds is 4. The number of nitrogens with zero attached hydrogens (tertiary/aromatic N) is 1. The van der Waals surface area contributed by atoms with Gasteiger partial charge in [-0.2, -0.15) is 5.10 Å². The molecule has 0 fully saturated rings. The number of carbonyl (C=O) groups excluding carboxylic acids is 1. The van der Waals surface area contributed by atoms with E-state index in [2.05, 4.69) is 20.2 Å². The molecule has 0 aliphatic rings. The molecule has 0 aliphatic heterocycles. The number of alkyl halides is 3. The maximum absolute atomic E-state index is 12.3. The predicted octanol–water partition coefficient (Wildman–Crippen LogP) is 4.48. The Morgan fingerprint density at radius 2 is 1.88 bits per heavy atom. The monoisotopic (exact) mass is 381 g/mol. The van der Waals surface area contributed by atoms with Gasteiger partial charge in [0, 0.05) is 15.9 Å². The fourth-order valence-electron chi connectivity index (χ4n) is 2.20. The molecular formula is C17H11ClF3N3O2. The Bertz CT molecular complexity index is 966. The van der Waals surface area contributed by atoms with Crippen molar-refractivity contribution in [3.05, 3.63) is 64.8 Å². The fraction of sp³-hybridized carbons (Fsp3) is 0.0588. The van der Waals surface area contributed by atoms with E-state index in [1.165, 1.54) is 24.4 Å². The van der Waals surface area contributed by atoms with Gasteiger partial charge in [0.2, 0.25) is 0 Å². The highest BCUT2D eigenvalue weighted by Gasteiger charge is 2.31. The van der Waals surface area contributed by atoms with Gasteiger partial charge in [0.1, 0.15) is 11.4 Å². The van der Waals surface area contributed by atoms with Crippen LogP contribution in [0.4, 0.5) is 13.2 Å². The van der Waals surface area contributed by atoms with Crippen LogP contribution in [0.3, 0.4) is 0 Å². The molecule has 0 unspecified atom stereocenters. The van der Waals surface area contributed by atoms with Crippen LogP contribution in [0.15, 0.2) is 53.6 Å². The molecule has 2 N–H and O–H groups in total. The topological polar surface area (TPSA) is 66.5 Å². The van der Waals surface area contributed by atoms with Crippen LogP contribution in [0.25, 0.3) is 10.9 Å². The summed E-state index contributed by atoms with van der Waals surface area (Å²) in [6, 6.07) is 12.0. The van der Waals surface area contributed by atoms with Gasteiger partial charge in [0.05, 0.1) is 6.21 Å². The maximum Gasteiger partial charge on any atom is 0.573 e. The lowest BCUT2D eigenvalue weighted by Gasteiger charge is -2.08. The molecule has 0 atom stereocenters. The molecule has 3 rings (SSSR count). The van der Waals surface area contributed by atoms with E-state index in [-0.39, 0.29) is 11.4 Å². The van der Waals surface area contributed by atoms with Gasteiger partial charge in [-0.25, -0.2) is 5.43 Å². The summed E-state index contributed by atoms with van der Waals surface area (Å²) < 4.78 is 40.6. The lowest BCUT2D eigenvalue weighted by atomic mass is 10.2. The van der Waals surface area contributed by atoms with E-state index < -0.39 is 12.3 Å². The van der Waals surface area contributed by atoms with Crippen LogP contribution in [0.5, 0.6) is 5.75 Å². The van der Waals surface area contributed by atoms with Crippen molar-refractivity contribution in [2.24, 2.45) is 5.10 Å². The minimum absolute atomic E-state index is 0.150. The Morgan fingerprint density at radius 1 is 1.15 bits per heavy atom. The molecule has 134 valence electrons. The highest BCUT2D eigenvalue weighted by molar-refractivity contribution is 6.30. The van der Waals surface area contributed by atoms with Gasteiger partial charge in [-0.05, 0) is 42.0 Å². The first-order valence-corrected chi connectivity index (χ1v) is 7.65. The maximum atomic E-state index is 12.3. The third-order valence-corrected chi connectivity index (χ3v) is 3.57. The fourth-order valence-corrected chi connectivity index (χ4v) is 2.33. The SMILES string of the molecule is O=C(N/N=C/c1ccc(Cl)cc1)c1cc2cc(OC(F)(F)F)ccc2[nH]1. The Labute approximate surface area is 150 Å². The van der Waals surface area contributed by atoms with Crippen LogP contribution in [-0.2, 0) is 0 Å². The second-order valence-corrected chi connectivity index (χ2v) is 5.67. The van der Waals surface area contributed by atoms with E-state index in [1.54, 1.807) is 24.3 Å². The van der Waals surface area contributed by atoms with Gasteiger partial charge in [0.25, 0.3) is 5.91 Å². The van der Waals surface area contributed by atoms with Gasteiger partial charge in [-0.1, -0.05) is 23.7 Å². The molecule has 0 aliphatic carbocycles. The summed E-state index contributed by atoms with van der Waals surface area (Å²) in [6.07, 6.45) is -3.34. The van der Waals surface area contributed by atoms with Crippen molar-refractivity contribution in [2.75, 3.05) is 0 Å². The number of hydrazone groups is 1. The zero-order chi connectivity index (χ0) is 18.7. The summed E-state index contributed by atoms with van der Waals surface area (Å²) in [6.45, 7) is 0. The van der Waals surface area contributed by atoms with Crippen LogP contribution >= 0.6 is 11.6 Å². The number of aromatic amines is 1. The van der Waals surface area contributed by atoms with E-state index >= 15 is 0 Å². The first-order chi connectivity index (χ1) is 12.3. The number of nitrogens with one attached hydrogen (secondary N) is 2. The summed E-state index contributed by atoms with van der Waals surface area (Å²) in [5.74, 6) is -0.901. The zero-order valence-electron chi connectivity index (χ0n) is 13.0. The van der Waals surface area contributed by atoms with Crippen LogP contribution in [-0.4, -0.2) is 23.5 Å². The first-order valence-electron chi connectivity index (χ1n) is 7.28. The molecule has 0 radical (unpaired) electrons. The second-order valence-electron chi connectivity index (χ2n) is 5.23. The molecular weight excluding hydrogens is 371 g/mol. The third-order valence-electron chi connectivity index (χ3n) is 3.32. The summed E-state index contributed by atoms with van der Waals surface area (Å²) in [5, 5.41) is 4.81. The van der Waals surface area contributed by atoms with Crippen molar-refractivity contribution in [2.45, 2.75) is 6.36 Å². The summed E-state index contributed by atoms with van der Waals surface area (Å²) in [5.41, 5.74) is 3.71. The number of aromatic nitrogens is 1. The largest absolute Gasteiger partial charge is 0.573 e. The quantitative estimate of drug-likeness (QED) is 0.516. The van der Waals surface area contributed by atoms with Crippen LogP contribution in [0, 0.1) is 0 Å². The molecule has 0 saturated heterocycles. The molecule has 9 heteroatoms. The minimum Gasteiger partial charge on any atom is -0.406 e. The molecule has 3 aromatic rings. The van der Waals surface area contributed by atoms with E-state index in [0.29, 0.717) is 15.9 Å². The molecule has 1 aromatic heterocycles. The van der Waals surface area contributed by atoms with E-state index in [4.69, 9.17) is 11.6 Å². The number of amides is 1. The third kappa shape index (κ3) is 4.54. The summed E-state index contributed by atoms with van der Waals surface area (Å²) in [7, 11) is 0. The number of ether oxygens (including phenoxy) is 1. The normalized spacial score (nSPS) is 11.8. The van der Waals surface area contributed by atoms with Gasteiger partial charge in [-0.3, -0.25) is 4.79 Å². The van der Waals surface area contributed by atoms with E-state index in [9.17, 15) is 18.0 Å². The van der Waals surface area contributed by atoms with Crippen molar-refractivity contribution in [1.29, 1.82) is 0 Å². The number of halogens is 4. The molecule has 1 amide bonds. The van der Waals surface area contributed by atoms with Crippen molar-refractivity contribution in [3.63, 3.8) is 0 Å². The Hall–Kier alpha value is -3.00. The van der Waals surface area contributed by atoms with Crippen molar-refractivity contribution >= 4 is 34.6 Å². The van der Waals surface area contributed by atoms with Crippen molar-refractivity contribution < 1.29 is 22.7 Å². The lowest BCUT2D eigenvalue weighted by Crippen LogP contribution is -2.17. The van der Waals surface area contributed by atoms with E-state index in [0.717, 1.165) is 11.6 Å². The van der Waals surface area contributed by atoms with Gasteiger partial charge in [0.15, 0.2) is 0 Å². The number of carbonyl (C=O) groups is 1. The number of fused-ring (bicyclic) bond motifs is 1. The molecule has 0 saturated carbocycles. The highest BCUT2D eigenvalue weighted by Crippen LogP contribution is 2.26. The Morgan fingerprint density at radius 3 is 2.58 bits per heavy atom. The molecule has 2 aromatic carbocycles. The van der Waals surface area contributed by atoms with Gasteiger partial charge >= 0.3 is 6.36 Å². The molecule has 0 spiro atoms. The molecule has 5 nitrogen and oxygen atoms in total. The zero-order valence-corrected chi connectivity index (χ0v) is 13.7. The molecule has 0 bridgehead atoms. The molecule has 1 heterocycles. The smallest absolute Gasteiger partial charge is 0.406 e.